The molecular formula is C21H26N2O3S. The third-order valence-corrected chi connectivity index (χ3v) is 6.54. The number of carbonyl (C=O) groups excluding carboxylic acids is 1. The van der Waals surface area contributed by atoms with Gasteiger partial charge in [-0.2, -0.15) is 0 Å². The Morgan fingerprint density at radius 2 is 2.07 bits per heavy atom. The molecule has 1 N–H and O–H groups in total. The van der Waals surface area contributed by atoms with E-state index in [9.17, 15) is 4.79 Å². The molecule has 6 heteroatoms. The minimum Gasteiger partial charge on any atom is -0.489 e. The fourth-order valence-corrected chi connectivity index (χ4v) is 4.80. The van der Waals surface area contributed by atoms with Gasteiger partial charge in [0, 0.05) is 23.7 Å². The van der Waals surface area contributed by atoms with Gasteiger partial charge in [-0.15, -0.1) is 11.3 Å². The topological polar surface area (TPSA) is 60.5 Å². The van der Waals surface area contributed by atoms with Crippen LogP contribution in [0, 0.1) is 6.92 Å². The van der Waals surface area contributed by atoms with Crippen molar-refractivity contribution in [3.63, 3.8) is 0 Å². The van der Waals surface area contributed by atoms with Gasteiger partial charge in [0.1, 0.15) is 5.75 Å². The number of amides is 1. The average molecular weight is 387 g/mol. The molecule has 2 aromatic heterocycles. The molecule has 1 aliphatic heterocycles. The molecular weight excluding hydrogens is 360 g/mol. The lowest BCUT2D eigenvalue weighted by Gasteiger charge is -2.29. The number of aryl methyl sites for hydroxylation is 1. The van der Waals surface area contributed by atoms with Gasteiger partial charge in [-0.05, 0) is 69.7 Å². The lowest BCUT2D eigenvalue weighted by Crippen LogP contribution is -2.39. The van der Waals surface area contributed by atoms with Gasteiger partial charge in [0.05, 0.1) is 22.8 Å². The zero-order valence-electron chi connectivity index (χ0n) is 15.6. The SMILES string of the molecule is Cc1ncccc1OC1CCC(NC(=O)c2ccc(C3CCCO3)s2)CC1. The number of nitrogens with zero attached hydrogens (tertiary/aromatic N) is 1. The fourth-order valence-electron chi connectivity index (χ4n) is 3.81. The predicted molar refractivity (Wildman–Crippen MR) is 105 cm³/mol. The normalized spacial score (nSPS) is 25.3. The van der Waals surface area contributed by atoms with Crippen LogP contribution in [0.25, 0.3) is 0 Å². The summed E-state index contributed by atoms with van der Waals surface area (Å²) in [5.41, 5.74) is 0.924. The van der Waals surface area contributed by atoms with Crippen molar-refractivity contribution < 1.29 is 14.3 Å². The number of rotatable bonds is 5. The zero-order valence-corrected chi connectivity index (χ0v) is 16.5. The van der Waals surface area contributed by atoms with E-state index in [1.54, 1.807) is 17.5 Å². The molecule has 5 nitrogen and oxygen atoms in total. The molecule has 0 bridgehead atoms. The van der Waals surface area contributed by atoms with Crippen molar-refractivity contribution in [3.8, 4) is 5.75 Å². The van der Waals surface area contributed by atoms with Crippen LogP contribution in [0.3, 0.4) is 0 Å². The first kappa shape index (κ1) is 18.4. The van der Waals surface area contributed by atoms with Gasteiger partial charge < -0.3 is 14.8 Å². The largest absolute Gasteiger partial charge is 0.489 e. The second kappa shape index (κ2) is 8.40. The van der Waals surface area contributed by atoms with Crippen LogP contribution in [0.4, 0.5) is 0 Å². The van der Waals surface area contributed by atoms with Gasteiger partial charge >= 0.3 is 0 Å². The van der Waals surface area contributed by atoms with Gasteiger partial charge in [-0.1, -0.05) is 0 Å². The van der Waals surface area contributed by atoms with Gasteiger partial charge in [0.2, 0.25) is 0 Å². The van der Waals surface area contributed by atoms with Crippen LogP contribution in [0.2, 0.25) is 0 Å². The molecule has 1 saturated carbocycles. The van der Waals surface area contributed by atoms with Gasteiger partial charge in [0.15, 0.2) is 0 Å². The molecule has 1 saturated heterocycles. The maximum atomic E-state index is 12.6. The summed E-state index contributed by atoms with van der Waals surface area (Å²) in [6.07, 6.45) is 8.11. The smallest absolute Gasteiger partial charge is 0.261 e. The first-order valence-corrected chi connectivity index (χ1v) is 10.6. The molecule has 4 rings (SSSR count). The number of hydrogen-bond acceptors (Lipinski definition) is 5. The van der Waals surface area contributed by atoms with Crippen molar-refractivity contribution in [2.75, 3.05) is 6.61 Å². The van der Waals surface area contributed by atoms with Crippen LogP contribution < -0.4 is 10.1 Å². The summed E-state index contributed by atoms with van der Waals surface area (Å²) in [6.45, 7) is 2.79. The first-order chi connectivity index (χ1) is 13.2. The highest BCUT2D eigenvalue weighted by atomic mass is 32.1. The van der Waals surface area contributed by atoms with E-state index in [4.69, 9.17) is 9.47 Å². The number of aromatic nitrogens is 1. The molecule has 3 heterocycles. The van der Waals surface area contributed by atoms with E-state index in [0.29, 0.717) is 0 Å². The van der Waals surface area contributed by atoms with Crippen LogP contribution in [0.1, 0.15) is 64.9 Å². The second-order valence-electron chi connectivity index (χ2n) is 7.36. The van der Waals surface area contributed by atoms with Gasteiger partial charge in [0.25, 0.3) is 5.91 Å². The molecule has 0 radical (unpaired) electrons. The second-order valence-corrected chi connectivity index (χ2v) is 8.47. The highest BCUT2D eigenvalue weighted by Crippen LogP contribution is 2.33. The Labute approximate surface area is 164 Å². The molecule has 144 valence electrons. The minimum atomic E-state index is 0.0386. The van der Waals surface area contributed by atoms with Crippen LogP contribution in [0.15, 0.2) is 30.5 Å². The molecule has 2 fully saturated rings. The standard InChI is InChI=1S/C21H26N2O3S/c1-14-17(4-2-12-22-14)26-16-8-6-15(7-9-16)23-21(24)20-11-10-19(27-20)18-5-3-13-25-18/h2,4,10-12,15-16,18H,3,5-9,13H2,1H3,(H,23,24). The van der Waals surface area contributed by atoms with E-state index in [1.807, 2.05) is 31.2 Å². The number of nitrogens with one attached hydrogen (secondary N) is 1. The Morgan fingerprint density at radius 1 is 1.22 bits per heavy atom. The van der Waals surface area contributed by atoms with Crippen LogP contribution >= 0.6 is 11.3 Å². The summed E-state index contributed by atoms with van der Waals surface area (Å²) in [5, 5.41) is 3.20. The molecule has 1 atom stereocenters. The summed E-state index contributed by atoms with van der Waals surface area (Å²) < 4.78 is 11.8. The van der Waals surface area contributed by atoms with Crippen molar-refractivity contribution in [3.05, 3.63) is 45.9 Å². The highest BCUT2D eigenvalue weighted by molar-refractivity contribution is 7.14. The number of hydrogen-bond donors (Lipinski definition) is 1. The van der Waals surface area contributed by atoms with E-state index in [-0.39, 0.29) is 24.2 Å². The maximum Gasteiger partial charge on any atom is 0.261 e. The molecule has 2 aromatic rings. The summed E-state index contributed by atoms with van der Waals surface area (Å²) in [5.74, 6) is 0.905. The predicted octanol–water partition coefficient (Wildman–Crippen LogP) is 4.42. The van der Waals surface area contributed by atoms with Crippen molar-refractivity contribution >= 4 is 17.2 Å². The van der Waals surface area contributed by atoms with Gasteiger partial charge in [-0.25, -0.2) is 0 Å². The number of pyridine rings is 1. The average Bonchev–Trinajstić information content (AvgIpc) is 3.36. The molecule has 0 aromatic carbocycles. The van der Waals surface area contributed by atoms with Crippen molar-refractivity contribution in [1.82, 2.24) is 10.3 Å². The van der Waals surface area contributed by atoms with Gasteiger partial charge in [-0.3, -0.25) is 9.78 Å². The Kier molecular flexibility index (Phi) is 5.74. The third kappa shape index (κ3) is 4.50. The lowest BCUT2D eigenvalue weighted by molar-refractivity contribution is 0.0897. The highest BCUT2D eigenvalue weighted by Gasteiger charge is 2.26. The Balaban J connectivity index is 1.26. The monoisotopic (exact) mass is 386 g/mol. The summed E-state index contributed by atoms with van der Waals surface area (Å²) in [6, 6.07) is 8.06. The third-order valence-electron chi connectivity index (χ3n) is 5.36. The lowest BCUT2D eigenvalue weighted by atomic mass is 9.93. The van der Waals surface area contributed by atoms with E-state index in [1.165, 1.54) is 4.88 Å². The first-order valence-electron chi connectivity index (χ1n) is 9.79. The number of carbonyl (C=O) groups is 1. The van der Waals surface area contributed by atoms with E-state index in [0.717, 1.165) is 61.5 Å². The fraction of sp³-hybridized carbons (Fsp3) is 0.524. The molecule has 1 aliphatic carbocycles. The summed E-state index contributed by atoms with van der Waals surface area (Å²) in [4.78, 5) is 18.8. The summed E-state index contributed by atoms with van der Waals surface area (Å²) in [7, 11) is 0. The molecule has 1 amide bonds. The summed E-state index contributed by atoms with van der Waals surface area (Å²) >= 11 is 1.56. The minimum absolute atomic E-state index is 0.0386. The molecule has 1 unspecified atom stereocenters. The molecule has 2 aliphatic rings. The Morgan fingerprint density at radius 3 is 2.81 bits per heavy atom. The Bertz CT molecular complexity index is 777. The van der Waals surface area contributed by atoms with Crippen molar-refractivity contribution in [2.45, 2.75) is 63.7 Å². The quantitative estimate of drug-likeness (QED) is 0.826. The maximum absolute atomic E-state index is 12.6. The molecule has 27 heavy (non-hydrogen) atoms. The number of thiophene rings is 1. The van der Waals surface area contributed by atoms with Crippen molar-refractivity contribution in [2.24, 2.45) is 0 Å². The Hall–Kier alpha value is -1.92. The van der Waals surface area contributed by atoms with Crippen molar-refractivity contribution in [1.29, 1.82) is 0 Å². The van der Waals surface area contributed by atoms with Crippen LogP contribution in [-0.2, 0) is 4.74 Å². The van der Waals surface area contributed by atoms with E-state index >= 15 is 0 Å². The molecule has 0 spiro atoms. The van der Waals surface area contributed by atoms with Crippen LogP contribution in [0.5, 0.6) is 5.75 Å². The zero-order chi connectivity index (χ0) is 18.6. The van der Waals surface area contributed by atoms with E-state index < -0.39 is 0 Å². The van der Waals surface area contributed by atoms with Crippen LogP contribution in [-0.4, -0.2) is 29.6 Å². The van der Waals surface area contributed by atoms with E-state index in [2.05, 4.69) is 10.3 Å². The number of ether oxygens (including phenoxy) is 2.